The molecule has 0 radical (unpaired) electrons. The van der Waals surface area contributed by atoms with Gasteiger partial charge in [0.25, 0.3) is 0 Å². The molecule has 0 aliphatic carbocycles. The molecule has 1 N–H and O–H groups in total. The number of aliphatic hydroxyl groups is 1. The van der Waals surface area contributed by atoms with Crippen molar-refractivity contribution in [2.75, 3.05) is 19.7 Å². The predicted octanol–water partition coefficient (Wildman–Crippen LogP) is 3.43. The van der Waals surface area contributed by atoms with E-state index in [1.807, 2.05) is 0 Å². The van der Waals surface area contributed by atoms with E-state index in [1.165, 1.54) is 17.8 Å². The monoisotopic (exact) mass is 302 g/mol. The molecule has 108 valence electrons. The van der Waals surface area contributed by atoms with Crippen molar-refractivity contribution in [3.8, 4) is 0 Å². The second kappa shape index (κ2) is 7.58. The molecule has 0 aromatic carbocycles. The second-order valence-electron chi connectivity index (χ2n) is 5.25. The molecule has 1 aliphatic heterocycles. The Morgan fingerprint density at radius 1 is 1.63 bits per heavy atom. The minimum Gasteiger partial charge on any atom is -0.396 e. The fraction of sp³-hybridized carbons (Fsp3) is 0.786. The van der Waals surface area contributed by atoms with E-state index in [0.717, 1.165) is 31.6 Å². The molecular weight excluding hydrogens is 280 g/mol. The van der Waals surface area contributed by atoms with Crippen molar-refractivity contribution in [1.29, 1.82) is 0 Å². The van der Waals surface area contributed by atoms with Crippen LogP contribution in [0.4, 0.5) is 0 Å². The Bertz CT molecular complexity index is 383. The van der Waals surface area contributed by atoms with Crippen LogP contribution in [0.1, 0.15) is 49.4 Å². The summed E-state index contributed by atoms with van der Waals surface area (Å²) in [4.78, 5) is 7.18. The number of piperidine rings is 1. The zero-order chi connectivity index (χ0) is 13.7. The average Bonchev–Trinajstić information content (AvgIpc) is 2.89. The van der Waals surface area contributed by atoms with Crippen LogP contribution >= 0.6 is 22.9 Å². The number of aromatic nitrogens is 1. The van der Waals surface area contributed by atoms with E-state index < -0.39 is 0 Å². The van der Waals surface area contributed by atoms with Gasteiger partial charge < -0.3 is 5.11 Å². The van der Waals surface area contributed by atoms with E-state index in [4.69, 9.17) is 16.7 Å². The van der Waals surface area contributed by atoms with Gasteiger partial charge >= 0.3 is 0 Å². The highest BCUT2D eigenvalue weighted by molar-refractivity contribution is 7.09. The van der Waals surface area contributed by atoms with Crippen molar-refractivity contribution in [2.45, 2.75) is 44.5 Å². The Morgan fingerprint density at radius 3 is 3.11 bits per heavy atom. The quantitative estimate of drug-likeness (QED) is 0.818. The maximum Gasteiger partial charge on any atom is 0.110 e. The lowest BCUT2D eigenvalue weighted by Crippen LogP contribution is -2.38. The van der Waals surface area contributed by atoms with Crippen LogP contribution in [0.3, 0.4) is 0 Å². The first-order valence-corrected chi connectivity index (χ1v) is 8.55. The van der Waals surface area contributed by atoms with Gasteiger partial charge in [-0.15, -0.1) is 22.9 Å². The maximum absolute atomic E-state index is 9.11. The van der Waals surface area contributed by atoms with Crippen LogP contribution in [0.15, 0.2) is 5.38 Å². The van der Waals surface area contributed by atoms with Gasteiger partial charge in [0.1, 0.15) is 5.01 Å². The molecule has 0 spiro atoms. The fourth-order valence-electron chi connectivity index (χ4n) is 2.92. The Labute approximate surface area is 124 Å². The summed E-state index contributed by atoms with van der Waals surface area (Å²) >= 11 is 7.57. The van der Waals surface area contributed by atoms with Gasteiger partial charge in [-0.1, -0.05) is 6.92 Å². The first-order valence-electron chi connectivity index (χ1n) is 7.13. The highest BCUT2D eigenvalue weighted by Gasteiger charge is 2.27. The topological polar surface area (TPSA) is 36.4 Å². The first kappa shape index (κ1) is 15.2. The van der Waals surface area contributed by atoms with E-state index in [0.29, 0.717) is 24.4 Å². The smallest absolute Gasteiger partial charge is 0.110 e. The highest BCUT2D eigenvalue weighted by atomic mass is 35.5. The van der Waals surface area contributed by atoms with E-state index in [-0.39, 0.29) is 0 Å². The zero-order valence-corrected chi connectivity index (χ0v) is 13.1. The number of halogens is 1. The molecule has 19 heavy (non-hydrogen) atoms. The molecule has 3 nitrogen and oxygen atoms in total. The summed E-state index contributed by atoms with van der Waals surface area (Å²) in [5.74, 6) is 1.14. The number of likely N-dealkylation sites (tertiary alicyclic amines) is 1. The molecule has 1 fully saturated rings. The summed E-state index contributed by atoms with van der Waals surface area (Å²) in [7, 11) is 0. The van der Waals surface area contributed by atoms with E-state index in [2.05, 4.69) is 22.2 Å². The molecule has 0 saturated carbocycles. The van der Waals surface area contributed by atoms with Crippen molar-refractivity contribution in [3.63, 3.8) is 0 Å². The van der Waals surface area contributed by atoms with Crippen molar-refractivity contribution in [2.24, 2.45) is 5.92 Å². The third-order valence-electron chi connectivity index (χ3n) is 3.91. The summed E-state index contributed by atoms with van der Waals surface area (Å²) in [5.41, 5.74) is 0.990. The Hall–Kier alpha value is -0.160. The molecule has 1 aromatic heterocycles. The van der Waals surface area contributed by atoms with Crippen LogP contribution in [-0.2, 0) is 5.88 Å². The van der Waals surface area contributed by atoms with Crippen molar-refractivity contribution >= 4 is 22.9 Å². The molecule has 2 unspecified atom stereocenters. The number of aliphatic hydroxyl groups excluding tert-OH is 1. The SMILES string of the molecule is CCC(c1nc(CCl)cs1)N1CCCC(CCO)C1. The minimum atomic E-state index is 0.308. The number of hydrogen-bond donors (Lipinski definition) is 1. The third-order valence-corrected chi connectivity index (χ3v) is 5.18. The zero-order valence-electron chi connectivity index (χ0n) is 11.5. The number of alkyl halides is 1. The molecule has 2 atom stereocenters. The summed E-state index contributed by atoms with van der Waals surface area (Å²) < 4.78 is 0. The number of nitrogens with zero attached hydrogens (tertiary/aromatic N) is 2. The highest BCUT2D eigenvalue weighted by Crippen LogP contribution is 2.32. The molecule has 1 aromatic rings. The Kier molecular flexibility index (Phi) is 6.07. The van der Waals surface area contributed by atoms with Crippen LogP contribution in [-0.4, -0.2) is 34.7 Å². The van der Waals surface area contributed by atoms with Gasteiger partial charge in [0.2, 0.25) is 0 Å². The minimum absolute atomic E-state index is 0.308. The van der Waals surface area contributed by atoms with Crippen LogP contribution in [0.5, 0.6) is 0 Å². The lowest BCUT2D eigenvalue weighted by molar-refractivity contribution is 0.105. The molecule has 2 heterocycles. The standard InChI is InChI=1S/C14H23ClN2OS/c1-2-13(14-16-12(8-15)10-19-14)17-6-3-4-11(9-17)5-7-18/h10-11,13,18H,2-9H2,1H3. The van der Waals surface area contributed by atoms with Gasteiger partial charge in [-0.05, 0) is 38.1 Å². The lowest BCUT2D eigenvalue weighted by Gasteiger charge is -2.37. The Morgan fingerprint density at radius 2 is 2.47 bits per heavy atom. The van der Waals surface area contributed by atoms with Gasteiger partial charge in [0.15, 0.2) is 0 Å². The molecule has 5 heteroatoms. The largest absolute Gasteiger partial charge is 0.396 e. The van der Waals surface area contributed by atoms with E-state index in [1.54, 1.807) is 11.3 Å². The summed E-state index contributed by atoms with van der Waals surface area (Å²) in [6.07, 6.45) is 4.49. The van der Waals surface area contributed by atoms with Gasteiger partial charge in [-0.3, -0.25) is 4.90 Å². The van der Waals surface area contributed by atoms with E-state index >= 15 is 0 Å². The normalized spacial score (nSPS) is 22.6. The lowest BCUT2D eigenvalue weighted by atomic mass is 9.94. The number of rotatable bonds is 6. The number of thiazole rings is 1. The van der Waals surface area contributed by atoms with Crippen LogP contribution in [0, 0.1) is 5.92 Å². The fourth-order valence-corrected chi connectivity index (χ4v) is 4.19. The van der Waals surface area contributed by atoms with Gasteiger partial charge in [-0.2, -0.15) is 0 Å². The third kappa shape index (κ3) is 3.91. The molecule has 0 bridgehead atoms. The number of hydrogen-bond acceptors (Lipinski definition) is 4. The molecule has 1 aliphatic rings. The van der Waals surface area contributed by atoms with Crippen molar-refractivity contribution in [1.82, 2.24) is 9.88 Å². The first-order chi connectivity index (χ1) is 9.28. The van der Waals surface area contributed by atoms with Crippen LogP contribution in [0.25, 0.3) is 0 Å². The van der Waals surface area contributed by atoms with Crippen molar-refractivity contribution in [3.05, 3.63) is 16.1 Å². The van der Waals surface area contributed by atoms with Gasteiger partial charge in [0.05, 0.1) is 17.6 Å². The van der Waals surface area contributed by atoms with E-state index in [9.17, 15) is 0 Å². The van der Waals surface area contributed by atoms with Crippen molar-refractivity contribution < 1.29 is 5.11 Å². The summed E-state index contributed by atoms with van der Waals surface area (Å²) in [6, 6.07) is 0.420. The molecule has 0 amide bonds. The summed E-state index contributed by atoms with van der Waals surface area (Å²) in [5, 5.41) is 12.4. The predicted molar refractivity (Wildman–Crippen MR) is 80.7 cm³/mol. The Balaban J connectivity index is 2.03. The molecule has 1 saturated heterocycles. The summed E-state index contributed by atoms with van der Waals surface area (Å²) in [6.45, 7) is 4.77. The molecule has 2 rings (SSSR count). The van der Waals surface area contributed by atoms with Crippen LogP contribution < -0.4 is 0 Å². The second-order valence-corrected chi connectivity index (χ2v) is 6.41. The van der Waals surface area contributed by atoms with Gasteiger partial charge in [0, 0.05) is 18.5 Å². The average molecular weight is 303 g/mol. The van der Waals surface area contributed by atoms with Gasteiger partial charge in [-0.25, -0.2) is 4.98 Å². The molecular formula is C14H23ClN2OS. The van der Waals surface area contributed by atoms with Crippen LogP contribution in [0.2, 0.25) is 0 Å². The maximum atomic E-state index is 9.11.